The van der Waals surface area contributed by atoms with Crippen LogP contribution in [-0.4, -0.2) is 29.6 Å². The Morgan fingerprint density at radius 2 is 1.90 bits per heavy atom. The number of para-hydroxylation sites is 2. The SMILES string of the molecule is COc1ccccc1-n1nc([C@@H]2CCO[C@@H](C(C)C)C2)cc1-c1ccc(Cl)cc1. The maximum atomic E-state index is 6.12. The van der Waals surface area contributed by atoms with E-state index in [1.807, 2.05) is 53.2 Å². The summed E-state index contributed by atoms with van der Waals surface area (Å²) in [5.41, 5.74) is 4.15. The maximum absolute atomic E-state index is 6.12. The third-order valence-corrected chi connectivity index (χ3v) is 5.91. The minimum absolute atomic E-state index is 0.282. The Hall–Kier alpha value is -2.30. The average molecular weight is 411 g/mol. The molecule has 0 N–H and O–H groups in total. The molecule has 0 amide bonds. The summed E-state index contributed by atoms with van der Waals surface area (Å²) in [6.45, 7) is 5.23. The maximum Gasteiger partial charge on any atom is 0.144 e. The Balaban J connectivity index is 1.80. The summed E-state index contributed by atoms with van der Waals surface area (Å²) in [5, 5.41) is 5.78. The highest BCUT2D eigenvalue weighted by molar-refractivity contribution is 6.30. The van der Waals surface area contributed by atoms with Crippen molar-refractivity contribution in [2.75, 3.05) is 13.7 Å². The van der Waals surface area contributed by atoms with Crippen molar-refractivity contribution in [2.24, 2.45) is 5.92 Å². The average Bonchev–Trinajstić information content (AvgIpc) is 3.19. The number of hydrogen-bond donors (Lipinski definition) is 0. The monoisotopic (exact) mass is 410 g/mol. The predicted molar refractivity (Wildman–Crippen MR) is 117 cm³/mol. The molecule has 0 aliphatic carbocycles. The van der Waals surface area contributed by atoms with Gasteiger partial charge in [-0.2, -0.15) is 5.10 Å². The van der Waals surface area contributed by atoms with Gasteiger partial charge in [-0.25, -0.2) is 4.68 Å². The molecule has 0 saturated carbocycles. The van der Waals surface area contributed by atoms with Crippen LogP contribution in [0, 0.1) is 5.92 Å². The van der Waals surface area contributed by atoms with Crippen LogP contribution in [0.15, 0.2) is 54.6 Å². The van der Waals surface area contributed by atoms with Crippen molar-refractivity contribution in [2.45, 2.75) is 38.7 Å². The van der Waals surface area contributed by atoms with Gasteiger partial charge in [-0.3, -0.25) is 0 Å². The Bertz CT molecular complexity index is 965. The lowest BCUT2D eigenvalue weighted by atomic mass is 9.88. The summed E-state index contributed by atoms with van der Waals surface area (Å²) in [6.07, 6.45) is 2.27. The highest BCUT2D eigenvalue weighted by atomic mass is 35.5. The molecule has 5 heteroatoms. The summed E-state index contributed by atoms with van der Waals surface area (Å²) >= 11 is 6.12. The normalized spacial score (nSPS) is 19.5. The number of aromatic nitrogens is 2. The zero-order valence-corrected chi connectivity index (χ0v) is 17.9. The van der Waals surface area contributed by atoms with Gasteiger partial charge >= 0.3 is 0 Å². The van der Waals surface area contributed by atoms with E-state index in [1.54, 1.807) is 7.11 Å². The second kappa shape index (κ2) is 8.60. The van der Waals surface area contributed by atoms with Crippen molar-refractivity contribution in [1.29, 1.82) is 0 Å². The molecule has 1 aliphatic heterocycles. The molecule has 29 heavy (non-hydrogen) atoms. The van der Waals surface area contributed by atoms with E-state index in [0.717, 1.165) is 52.9 Å². The topological polar surface area (TPSA) is 36.3 Å². The Morgan fingerprint density at radius 3 is 2.62 bits per heavy atom. The minimum atomic E-state index is 0.282. The van der Waals surface area contributed by atoms with Crippen molar-refractivity contribution in [3.63, 3.8) is 0 Å². The molecule has 2 atom stereocenters. The molecule has 0 unspecified atom stereocenters. The summed E-state index contributed by atoms with van der Waals surface area (Å²) in [4.78, 5) is 0. The van der Waals surface area contributed by atoms with Crippen LogP contribution in [0.5, 0.6) is 5.75 Å². The molecular formula is C24H27ClN2O2. The van der Waals surface area contributed by atoms with Gasteiger partial charge in [-0.15, -0.1) is 0 Å². The molecule has 0 radical (unpaired) electrons. The first-order valence-electron chi connectivity index (χ1n) is 10.2. The summed E-state index contributed by atoms with van der Waals surface area (Å²) < 4.78 is 13.6. The highest BCUT2D eigenvalue weighted by Crippen LogP contribution is 2.36. The first kappa shape index (κ1) is 20.0. The lowest BCUT2D eigenvalue weighted by molar-refractivity contribution is -0.0207. The highest BCUT2D eigenvalue weighted by Gasteiger charge is 2.28. The fraction of sp³-hybridized carbons (Fsp3) is 0.375. The van der Waals surface area contributed by atoms with Crippen LogP contribution in [-0.2, 0) is 4.74 Å². The number of halogens is 1. The molecule has 4 rings (SSSR count). The van der Waals surface area contributed by atoms with Crippen molar-refractivity contribution >= 4 is 11.6 Å². The van der Waals surface area contributed by atoms with Crippen molar-refractivity contribution in [1.82, 2.24) is 9.78 Å². The lowest BCUT2D eigenvalue weighted by Gasteiger charge is -2.31. The number of methoxy groups -OCH3 is 1. The van der Waals surface area contributed by atoms with E-state index in [4.69, 9.17) is 26.2 Å². The largest absolute Gasteiger partial charge is 0.494 e. The van der Waals surface area contributed by atoms with Crippen LogP contribution < -0.4 is 4.74 Å². The first-order chi connectivity index (χ1) is 14.1. The van der Waals surface area contributed by atoms with Crippen LogP contribution in [0.1, 0.15) is 38.3 Å². The van der Waals surface area contributed by atoms with Crippen LogP contribution in [0.4, 0.5) is 0 Å². The Morgan fingerprint density at radius 1 is 1.14 bits per heavy atom. The molecule has 3 aromatic rings. The molecule has 0 bridgehead atoms. The third-order valence-electron chi connectivity index (χ3n) is 5.66. The van der Waals surface area contributed by atoms with E-state index in [0.29, 0.717) is 11.8 Å². The number of rotatable bonds is 5. The van der Waals surface area contributed by atoms with Gasteiger partial charge < -0.3 is 9.47 Å². The van der Waals surface area contributed by atoms with E-state index < -0.39 is 0 Å². The smallest absolute Gasteiger partial charge is 0.144 e. The quantitative estimate of drug-likeness (QED) is 0.508. The van der Waals surface area contributed by atoms with E-state index in [-0.39, 0.29) is 6.10 Å². The number of nitrogens with zero attached hydrogens (tertiary/aromatic N) is 2. The van der Waals surface area contributed by atoms with Gasteiger partial charge in [-0.05, 0) is 49.1 Å². The molecular weight excluding hydrogens is 384 g/mol. The molecule has 1 aromatic heterocycles. The molecule has 0 spiro atoms. The van der Waals surface area contributed by atoms with E-state index in [2.05, 4.69) is 19.9 Å². The fourth-order valence-corrected chi connectivity index (χ4v) is 4.10. The Kier molecular flexibility index (Phi) is 5.93. The van der Waals surface area contributed by atoms with Crippen LogP contribution in [0.2, 0.25) is 5.02 Å². The lowest BCUT2D eigenvalue weighted by Crippen LogP contribution is -2.29. The molecule has 1 saturated heterocycles. The fourth-order valence-electron chi connectivity index (χ4n) is 3.97. The number of ether oxygens (including phenoxy) is 2. The molecule has 152 valence electrons. The standard InChI is InChI=1S/C24H27ClN2O2/c1-16(2)24-14-18(12-13-29-24)20-15-22(17-8-10-19(25)11-9-17)27(26-20)21-6-4-5-7-23(21)28-3/h4-11,15-16,18,24H,12-14H2,1-3H3/t18-,24-/m1/s1. The summed E-state index contributed by atoms with van der Waals surface area (Å²) in [6, 6.07) is 18.1. The van der Waals surface area contributed by atoms with Gasteiger partial charge in [0.25, 0.3) is 0 Å². The van der Waals surface area contributed by atoms with E-state index >= 15 is 0 Å². The number of hydrogen-bond acceptors (Lipinski definition) is 3. The first-order valence-corrected chi connectivity index (χ1v) is 10.6. The summed E-state index contributed by atoms with van der Waals surface area (Å²) in [5.74, 6) is 1.69. The molecule has 1 aliphatic rings. The molecule has 2 heterocycles. The van der Waals surface area contributed by atoms with Gasteiger partial charge in [0.1, 0.15) is 11.4 Å². The molecule has 4 nitrogen and oxygen atoms in total. The second-order valence-corrected chi connectivity index (χ2v) is 8.36. The summed E-state index contributed by atoms with van der Waals surface area (Å²) in [7, 11) is 1.69. The van der Waals surface area contributed by atoms with Crippen molar-refractivity contribution < 1.29 is 9.47 Å². The zero-order valence-electron chi connectivity index (χ0n) is 17.1. The predicted octanol–water partition coefficient (Wildman–Crippen LogP) is 6.12. The Labute approximate surface area is 177 Å². The number of benzene rings is 2. The van der Waals surface area contributed by atoms with E-state index in [9.17, 15) is 0 Å². The second-order valence-electron chi connectivity index (χ2n) is 7.92. The van der Waals surface area contributed by atoms with Crippen LogP contribution in [0.3, 0.4) is 0 Å². The zero-order chi connectivity index (χ0) is 20.4. The van der Waals surface area contributed by atoms with Gasteiger partial charge in [0.2, 0.25) is 0 Å². The molecule has 2 aromatic carbocycles. The third kappa shape index (κ3) is 4.19. The van der Waals surface area contributed by atoms with Crippen molar-refractivity contribution in [3.05, 3.63) is 65.3 Å². The van der Waals surface area contributed by atoms with E-state index in [1.165, 1.54) is 0 Å². The minimum Gasteiger partial charge on any atom is -0.494 e. The van der Waals surface area contributed by atoms with Crippen LogP contribution >= 0.6 is 11.6 Å². The molecule has 1 fully saturated rings. The van der Waals surface area contributed by atoms with Crippen molar-refractivity contribution in [3.8, 4) is 22.7 Å². The van der Waals surface area contributed by atoms with Gasteiger partial charge in [-0.1, -0.05) is 49.7 Å². The van der Waals surface area contributed by atoms with Crippen LogP contribution in [0.25, 0.3) is 16.9 Å². The van der Waals surface area contributed by atoms with Gasteiger partial charge in [0, 0.05) is 23.1 Å². The van der Waals surface area contributed by atoms with Gasteiger partial charge in [0.05, 0.1) is 24.6 Å². The van der Waals surface area contributed by atoms with Gasteiger partial charge in [0.15, 0.2) is 0 Å².